The predicted molar refractivity (Wildman–Crippen MR) is 81.6 cm³/mol. The van der Waals surface area contributed by atoms with E-state index in [4.69, 9.17) is 5.73 Å². The van der Waals surface area contributed by atoms with Crippen LogP contribution in [-0.2, 0) is 4.79 Å². The van der Waals surface area contributed by atoms with Crippen LogP contribution in [0.25, 0.3) is 0 Å². The molecule has 0 heterocycles. The Balaban J connectivity index is 2.47. The molecule has 0 saturated heterocycles. The Labute approximate surface area is 118 Å². The fraction of sp³-hybridized carbons (Fsp3) is 0.706. The summed E-state index contributed by atoms with van der Waals surface area (Å²) in [5.41, 5.74) is 8.38. The Kier molecular flexibility index (Phi) is 6.33. The van der Waals surface area contributed by atoms with Gasteiger partial charge >= 0.3 is 0 Å². The highest BCUT2D eigenvalue weighted by atomic mass is 16.1. The average Bonchev–Trinajstić information content (AvgIpc) is 3.18. The van der Waals surface area contributed by atoms with Crippen molar-refractivity contribution in [3.8, 4) is 0 Å². The molecule has 2 nitrogen and oxygen atoms in total. The van der Waals surface area contributed by atoms with Crippen molar-refractivity contribution < 1.29 is 4.79 Å². The van der Waals surface area contributed by atoms with Gasteiger partial charge in [-0.2, -0.15) is 0 Å². The van der Waals surface area contributed by atoms with Gasteiger partial charge in [0.05, 0.1) is 0 Å². The Morgan fingerprint density at radius 2 is 1.95 bits per heavy atom. The zero-order chi connectivity index (χ0) is 14.4. The van der Waals surface area contributed by atoms with Gasteiger partial charge in [0, 0.05) is 11.6 Å². The van der Waals surface area contributed by atoms with Crippen LogP contribution in [0.4, 0.5) is 0 Å². The summed E-state index contributed by atoms with van der Waals surface area (Å²) in [7, 11) is 0. The summed E-state index contributed by atoms with van der Waals surface area (Å²) in [6.45, 7) is 8.10. The molecule has 0 aromatic carbocycles. The van der Waals surface area contributed by atoms with E-state index in [0.717, 1.165) is 25.0 Å². The quantitative estimate of drug-likeness (QED) is 0.666. The van der Waals surface area contributed by atoms with Crippen molar-refractivity contribution in [2.24, 2.45) is 23.5 Å². The molecule has 1 unspecified atom stereocenters. The molecule has 0 aromatic rings. The predicted octanol–water partition coefficient (Wildman–Crippen LogP) is 4.22. The van der Waals surface area contributed by atoms with E-state index in [2.05, 4.69) is 26.0 Å². The largest absolute Gasteiger partial charge is 0.402 e. The maximum absolute atomic E-state index is 11.3. The van der Waals surface area contributed by atoms with Crippen molar-refractivity contribution >= 4 is 5.78 Å². The standard InChI is InChI=1S/C17H29NO/c1-5-15(11-13(3)14(4)19)10-12(2)6-9-17(18)16-7-8-16/h6,9,13,15-16H,5,7-8,10-11,18H2,1-4H3/b12-6+,17-9-/t13?,15-/m1/s1. The van der Waals surface area contributed by atoms with Crippen molar-refractivity contribution in [2.75, 3.05) is 0 Å². The second kappa shape index (κ2) is 7.52. The first-order chi connectivity index (χ1) is 8.93. The number of carbonyl (C=O) groups is 1. The van der Waals surface area contributed by atoms with E-state index in [9.17, 15) is 4.79 Å². The molecule has 1 fully saturated rings. The Bertz CT molecular complexity index is 363. The molecule has 19 heavy (non-hydrogen) atoms. The van der Waals surface area contributed by atoms with Gasteiger partial charge in [0.2, 0.25) is 0 Å². The van der Waals surface area contributed by atoms with Gasteiger partial charge in [-0.15, -0.1) is 0 Å². The van der Waals surface area contributed by atoms with Gasteiger partial charge in [-0.3, -0.25) is 4.79 Å². The van der Waals surface area contributed by atoms with Crippen LogP contribution in [0.2, 0.25) is 0 Å². The van der Waals surface area contributed by atoms with Gasteiger partial charge in [-0.1, -0.05) is 31.9 Å². The van der Waals surface area contributed by atoms with Gasteiger partial charge in [0.1, 0.15) is 5.78 Å². The monoisotopic (exact) mass is 263 g/mol. The molecule has 108 valence electrons. The van der Waals surface area contributed by atoms with E-state index in [1.807, 2.05) is 6.92 Å². The SMILES string of the molecule is CC[C@H](C/C(C)=C/C=C(\N)C1CC1)CC(C)C(C)=O. The van der Waals surface area contributed by atoms with Crippen LogP contribution in [0.1, 0.15) is 59.8 Å². The molecule has 1 aliphatic carbocycles. The summed E-state index contributed by atoms with van der Waals surface area (Å²) in [5, 5.41) is 0. The minimum atomic E-state index is 0.185. The van der Waals surface area contributed by atoms with Crippen LogP contribution < -0.4 is 5.73 Å². The number of Topliss-reactive ketones (excluding diaryl/α,β-unsaturated/α-hetero) is 1. The van der Waals surface area contributed by atoms with E-state index in [1.54, 1.807) is 6.92 Å². The van der Waals surface area contributed by atoms with Crippen LogP contribution in [0, 0.1) is 17.8 Å². The van der Waals surface area contributed by atoms with E-state index < -0.39 is 0 Å². The molecule has 1 rings (SSSR count). The second-order valence-corrected chi connectivity index (χ2v) is 6.18. The number of nitrogens with two attached hydrogens (primary N) is 1. The lowest BCUT2D eigenvalue weighted by Gasteiger charge is -2.18. The van der Waals surface area contributed by atoms with Crippen LogP contribution in [0.15, 0.2) is 23.4 Å². The van der Waals surface area contributed by atoms with Crippen molar-refractivity contribution in [2.45, 2.75) is 59.8 Å². The highest BCUT2D eigenvalue weighted by Gasteiger charge is 2.23. The van der Waals surface area contributed by atoms with Crippen molar-refractivity contribution in [1.29, 1.82) is 0 Å². The smallest absolute Gasteiger partial charge is 0.132 e. The summed E-state index contributed by atoms with van der Waals surface area (Å²) >= 11 is 0. The zero-order valence-electron chi connectivity index (χ0n) is 12.9. The van der Waals surface area contributed by atoms with Gasteiger partial charge in [0.25, 0.3) is 0 Å². The lowest BCUT2D eigenvalue weighted by Crippen LogP contribution is -2.12. The van der Waals surface area contributed by atoms with Gasteiger partial charge in [-0.05, 0) is 57.4 Å². The van der Waals surface area contributed by atoms with Crippen LogP contribution in [0.3, 0.4) is 0 Å². The summed E-state index contributed by atoms with van der Waals surface area (Å²) in [5.74, 6) is 1.73. The fourth-order valence-corrected chi connectivity index (χ4v) is 2.37. The van der Waals surface area contributed by atoms with E-state index >= 15 is 0 Å². The maximum Gasteiger partial charge on any atom is 0.132 e. The van der Waals surface area contributed by atoms with E-state index in [0.29, 0.717) is 17.6 Å². The molecule has 0 aromatic heterocycles. The first kappa shape index (κ1) is 16.0. The molecular formula is C17H29NO. The maximum atomic E-state index is 11.3. The highest BCUT2D eigenvalue weighted by molar-refractivity contribution is 5.77. The number of allylic oxidation sites excluding steroid dienone is 4. The lowest BCUT2D eigenvalue weighted by molar-refractivity contribution is -0.120. The molecule has 1 aliphatic rings. The first-order valence-corrected chi connectivity index (χ1v) is 7.57. The highest BCUT2D eigenvalue weighted by Crippen LogP contribution is 2.33. The fourth-order valence-electron chi connectivity index (χ4n) is 2.37. The number of rotatable bonds is 8. The third-order valence-electron chi connectivity index (χ3n) is 4.18. The molecule has 0 spiro atoms. The topological polar surface area (TPSA) is 43.1 Å². The normalized spacial score (nSPS) is 20.2. The molecular weight excluding hydrogens is 234 g/mol. The number of ketones is 1. The zero-order valence-corrected chi connectivity index (χ0v) is 12.9. The Morgan fingerprint density at radius 1 is 1.32 bits per heavy atom. The molecule has 0 aliphatic heterocycles. The van der Waals surface area contributed by atoms with Gasteiger partial charge in [0.15, 0.2) is 0 Å². The first-order valence-electron chi connectivity index (χ1n) is 7.57. The van der Waals surface area contributed by atoms with Crippen LogP contribution in [-0.4, -0.2) is 5.78 Å². The average molecular weight is 263 g/mol. The minimum Gasteiger partial charge on any atom is -0.402 e. The third kappa shape index (κ3) is 6.09. The van der Waals surface area contributed by atoms with Crippen molar-refractivity contribution in [3.05, 3.63) is 23.4 Å². The molecule has 2 N–H and O–H groups in total. The molecule has 2 atom stereocenters. The number of hydrogen-bond acceptors (Lipinski definition) is 2. The molecule has 2 heteroatoms. The Morgan fingerprint density at radius 3 is 2.42 bits per heavy atom. The molecule has 1 saturated carbocycles. The summed E-state index contributed by atoms with van der Waals surface area (Å²) in [6.07, 6.45) is 9.95. The molecule has 0 radical (unpaired) electrons. The van der Waals surface area contributed by atoms with Crippen molar-refractivity contribution in [1.82, 2.24) is 0 Å². The summed E-state index contributed by atoms with van der Waals surface area (Å²) in [6, 6.07) is 0. The molecule has 0 bridgehead atoms. The van der Waals surface area contributed by atoms with Crippen LogP contribution >= 0.6 is 0 Å². The summed E-state index contributed by atoms with van der Waals surface area (Å²) < 4.78 is 0. The van der Waals surface area contributed by atoms with E-state index in [1.165, 1.54) is 18.4 Å². The van der Waals surface area contributed by atoms with E-state index in [-0.39, 0.29) is 5.92 Å². The summed E-state index contributed by atoms with van der Waals surface area (Å²) in [4.78, 5) is 11.3. The van der Waals surface area contributed by atoms with Crippen molar-refractivity contribution in [3.63, 3.8) is 0 Å². The Hall–Kier alpha value is -1.05. The minimum absolute atomic E-state index is 0.185. The van der Waals surface area contributed by atoms with Gasteiger partial charge in [-0.25, -0.2) is 0 Å². The number of carbonyl (C=O) groups excluding carboxylic acids is 1. The third-order valence-corrected chi connectivity index (χ3v) is 4.18. The lowest BCUT2D eigenvalue weighted by atomic mass is 9.87. The van der Waals surface area contributed by atoms with Gasteiger partial charge < -0.3 is 5.73 Å². The second-order valence-electron chi connectivity index (χ2n) is 6.18. The molecule has 0 amide bonds. The number of hydrogen-bond donors (Lipinski definition) is 1. The van der Waals surface area contributed by atoms with Crippen LogP contribution in [0.5, 0.6) is 0 Å².